The van der Waals surface area contributed by atoms with Crippen LogP contribution in [-0.4, -0.2) is 70.1 Å². The molecule has 1 heterocycles. The number of rotatable bonds is 11. The average Bonchev–Trinajstić information content (AvgIpc) is 2.89. The van der Waals surface area contributed by atoms with Gasteiger partial charge in [0, 0.05) is 47.6 Å². The van der Waals surface area contributed by atoms with Crippen molar-refractivity contribution in [2.24, 2.45) is 0 Å². The second kappa shape index (κ2) is 13.2. The maximum Gasteiger partial charge on any atom is 0.413 e. The lowest BCUT2D eigenvalue weighted by Crippen LogP contribution is -2.36. The topological polar surface area (TPSA) is 102 Å². The number of hydrogen-bond acceptors (Lipinski definition) is 6. The van der Waals surface area contributed by atoms with Crippen LogP contribution < -0.4 is 10.2 Å². The zero-order valence-electron chi connectivity index (χ0n) is 21.0. The van der Waals surface area contributed by atoms with Crippen LogP contribution in [0.1, 0.15) is 29.8 Å². The molecule has 0 aliphatic rings. The van der Waals surface area contributed by atoms with Crippen LogP contribution in [0.5, 0.6) is 0 Å². The SMILES string of the molecule is CCN(CC)CCN(C)C(=O)c1ccc(Nc2nccc(N(Cc3cc(Cl)ccc3Cl)C(=O)O)n2)cc1. The van der Waals surface area contributed by atoms with E-state index in [0.29, 0.717) is 33.4 Å². The van der Waals surface area contributed by atoms with Crippen LogP contribution in [0.15, 0.2) is 54.7 Å². The normalized spacial score (nSPS) is 10.9. The Bertz CT molecular complexity index is 1220. The highest BCUT2D eigenvalue weighted by atomic mass is 35.5. The van der Waals surface area contributed by atoms with E-state index in [2.05, 4.69) is 34.0 Å². The minimum absolute atomic E-state index is 0.0379. The summed E-state index contributed by atoms with van der Waals surface area (Å²) in [7, 11) is 1.79. The fraction of sp³-hybridized carbons (Fsp3) is 0.308. The zero-order valence-corrected chi connectivity index (χ0v) is 22.5. The van der Waals surface area contributed by atoms with Gasteiger partial charge < -0.3 is 20.2 Å². The summed E-state index contributed by atoms with van der Waals surface area (Å²) in [5, 5.41) is 13.7. The third kappa shape index (κ3) is 7.79. The van der Waals surface area contributed by atoms with E-state index in [4.69, 9.17) is 23.2 Å². The van der Waals surface area contributed by atoms with Gasteiger partial charge in [0.05, 0.1) is 6.54 Å². The maximum absolute atomic E-state index is 12.8. The summed E-state index contributed by atoms with van der Waals surface area (Å²) in [6.45, 7) is 7.52. The van der Waals surface area contributed by atoms with Crippen molar-refractivity contribution in [3.05, 3.63) is 75.9 Å². The molecule has 0 saturated carbocycles. The molecule has 2 amide bonds. The molecular formula is C26H30Cl2N6O3. The average molecular weight is 545 g/mol. The van der Waals surface area contributed by atoms with Crippen molar-refractivity contribution in [2.45, 2.75) is 20.4 Å². The molecule has 0 radical (unpaired) electrons. The van der Waals surface area contributed by atoms with Crippen molar-refractivity contribution < 1.29 is 14.7 Å². The van der Waals surface area contributed by atoms with Gasteiger partial charge in [-0.3, -0.25) is 9.69 Å². The van der Waals surface area contributed by atoms with E-state index >= 15 is 0 Å². The molecule has 11 heteroatoms. The number of anilines is 3. The largest absolute Gasteiger partial charge is 0.465 e. The Labute approximate surface area is 226 Å². The van der Waals surface area contributed by atoms with Gasteiger partial charge in [-0.1, -0.05) is 37.0 Å². The van der Waals surface area contributed by atoms with Gasteiger partial charge in [-0.25, -0.2) is 9.78 Å². The number of aromatic nitrogens is 2. The first-order valence-electron chi connectivity index (χ1n) is 11.8. The summed E-state index contributed by atoms with van der Waals surface area (Å²) in [4.78, 5) is 38.3. The molecule has 0 bridgehead atoms. The molecule has 37 heavy (non-hydrogen) atoms. The van der Waals surface area contributed by atoms with Gasteiger partial charge in [0.1, 0.15) is 5.82 Å². The Balaban J connectivity index is 1.69. The Morgan fingerprint density at radius 2 is 1.70 bits per heavy atom. The zero-order chi connectivity index (χ0) is 26.9. The molecule has 3 aromatic rings. The number of halogens is 2. The van der Waals surface area contributed by atoms with Crippen molar-refractivity contribution in [2.75, 3.05) is 43.4 Å². The first-order chi connectivity index (χ1) is 17.7. The number of benzene rings is 2. The summed E-state index contributed by atoms with van der Waals surface area (Å²) in [6, 6.07) is 13.3. The van der Waals surface area contributed by atoms with Gasteiger partial charge in [-0.15, -0.1) is 0 Å². The Hall–Kier alpha value is -3.40. The number of carboxylic acid groups (broad SMARTS) is 1. The third-order valence-electron chi connectivity index (χ3n) is 5.87. The number of likely N-dealkylation sites (N-methyl/N-ethyl adjacent to an activating group) is 2. The van der Waals surface area contributed by atoms with Gasteiger partial charge in [0.25, 0.3) is 5.91 Å². The highest BCUT2D eigenvalue weighted by molar-refractivity contribution is 6.33. The fourth-order valence-corrected chi connectivity index (χ4v) is 3.99. The summed E-state index contributed by atoms with van der Waals surface area (Å²) >= 11 is 12.3. The molecule has 1 aromatic heterocycles. The van der Waals surface area contributed by atoms with Crippen LogP contribution >= 0.6 is 23.2 Å². The highest BCUT2D eigenvalue weighted by Gasteiger charge is 2.19. The van der Waals surface area contributed by atoms with E-state index in [0.717, 1.165) is 24.5 Å². The van der Waals surface area contributed by atoms with Crippen molar-refractivity contribution >= 4 is 52.7 Å². The number of carbonyl (C=O) groups excluding carboxylic acids is 1. The molecule has 0 spiro atoms. The molecule has 0 saturated heterocycles. The number of nitrogens with zero attached hydrogens (tertiary/aromatic N) is 5. The van der Waals surface area contributed by atoms with Gasteiger partial charge in [0.2, 0.25) is 5.95 Å². The second-order valence-corrected chi connectivity index (χ2v) is 9.14. The molecule has 196 valence electrons. The van der Waals surface area contributed by atoms with Crippen LogP contribution in [0.25, 0.3) is 0 Å². The Morgan fingerprint density at radius 1 is 1.00 bits per heavy atom. The first kappa shape index (κ1) is 28.2. The quantitative estimate of drug-likeness (QED) is 0.322. The van der Waals surface area contributed by atoms with Crippen molar-refractivity contribution in [1.82, 2.24) is 19.8 Å². The number of carbonyl (C=O) groups is 2. The number of hydrogen-bond donors (Lipinski definition) is 2. The first-order valence-corrected chi connectivity index (χ1v) is 12.6. The van der Waals surface area contributed by atoms with Crippen molar-refractivity contribution in [3.63, 3.8) is 0 Å². The van der Waals surface area contributed by atoms with Gasteiger partial charge in [-0.2, -0.15) is 4.98 Å². The second-order valence-electron chi connectivity index (χ2n) is 8.30. The van der Waals surface area contributed by atoms with Gasteiger partial charge >= 0.3 is 6.09 Å². The van der Waals surface area contributed by atoms with Crippen LogP contribution in [-0.2, 0) is 6.54 Å². The summed E-state index contributed by atoms with van der Waals surface area (Å²) in [5.74, 6) is 0.313. The third-order valence-corrected chi connectivity index (χ3v) is 6.47. The molecular weight excluding hydrogens is 515 g/mol. The molecule has 0 atom stereocenters. The molecule has 3 rings (SSSR count). The predicted octanol–water partition coefficient (Wildman–Crippen LogP) is 5.63. The molecule has 9 nitrogen and oxygen atoms in total. The smallest absolute Gasteiger partial charge is 0.413 e. The van der Waals surface area contributed by atoms with E-state index in [1.165, 1.54) is 12.3 Å². The number of amides is 2. The van der Waals surface area contributed by atoms with Crippen molar-refractivity contribution in [3.8, 4) is 0 Å². The monoisotopic (exact) mass is 544 g/mol. The molecule has 0 fully saturated rings. The molecule has 2 aromatic carbocycles. The highest BCUT2D eigenvalue weighted by Crippen LogP contribution is 2.25. The molecule has 0 unspecified atom stereocenters. The van der Waals surface area contributed by atoms with Gasteiger partial charge in [0.15, 0.2) is 0 Å². The fourth-order valence-electron chi connectivity index (χ4n) is 3.62. The van der Waals surface area contributed by atoms with Crippen LogP contribution in [0.2, 0.25) is 10.0 Å². The van der Waals surface area contributed by atoms with Gasteiger partial charge in [-0.05, 0) is 67.2 Å². The van der Waals surface area contributed by atoms with Crippen LogP contribution in [0.4, 0.5) is 22.2 Å². The number of nitrogens with one attached hydrogen (secondary N) is 1. The Morgan fingerprint density at radius 3 is 2.35 bits per heavy atom. The summed E-state index contributed by atoms with van der Waals surface area (Å²) < 4.78 is 0. The standard InChI is InChI=1S/C26H30Cl2N6O3/c1-4-33(5-2)15-14-32(3)24(35)18-6-9-21(10-7-18)30-25-29-13-12-23(31-25)34(26(36)37)17-19-16-20(27)8-11-22(19)28/h6-13,16H,4-5,14-15,17H2,1-3H3,(H,36,37)(H,29,30,31). The summed E-state index contributed by atoms with van der Waals surface area (Å²) in [6.07, 6.45) is 0.261. The van der Waals surface area contributed by atoms with E-state index in [-0.39, 0.29) is 24.2 Å². The van der Waals surface area contributed by atoms with E-state index in [1.807, 2.05) is 0 Å². The van der Waals surface area contributed by atoms with E-state index < -0.39 is 6.09 Å². The minimum Gasteiger partial charge on any atom is -0.465 e. The Kier molecular flexibility index (Phi) is 10.1. The molecule has 0 aliphatic heterocycles. The molecule has 0 aliphatic carbocycles. The van der Waals surface area contributed by atoms with E-state index in [1.54, 1.807) is 54.4 Å². The maximum atomic E-state index is 12.8. The lowest BCUT2D eigenvalue weighted by molar-refractivity contribution is 0.0779. The summed E-state index contributed by atoms with van der Waals surface area (Å²) in [5.41, 5.74) is 1.77. The van der Waals surface area contributed by atoms with Crippen LogP contribution in [0, 0.1) is 0 Å². The lowest BCUT2D eigenvalue weighted by Gasteiger charge is -2.23. The van der Waals surface area contributed by atoms with Crippen molar-refractivity contribution in [1.29, 1.82) is 0 Å². The lowest BCUT2D eigenvalue weighted by atomic mass is 10.2. The predicted molar refractivity (Wildman–Crippen MR) is 147 cm³/mol. The molecule has 2 N–H and O–H groups in total. The van der Waals surface area contributed by atoms with Crippen LogP contribution in [0.3, 0.4) is 0 Å². The van der Waals surface area contributed by atoms with E-state index in [9.17, 15) is 14.7 Å². The minimum atomic E-state index is -1.20.